The summed E-state index contributed by atoms with van der Waals surface area (Å²) in [7, 11) is 1.37. The smallest absolute Gasteiger partial charge is 0.408 e. The van der Waals surface area contributed by atoms with Crippen LogP contribution in [0.1, 0.15) is 39.3 Å². The first-order chi connectivity index (χ1) is 9.64. The molecule has 7 heteroatoms. The first-order valence-electron chi connectivity index (χ1n) is 6.46. The summed E-state index contributed by atoms with van der Waals surface area (Å²) in [6.45, 7) is 7.00. The molecule has 21 heavy (non-hydrogen) atoms. The van der Waals surface area contributed by atoms with Crippen molar-refractivity contribution in [3.8, 4) is 5.75 Å². The highest BCUT2D eigenvalue weighted by atomic mass is 16.6. The lowest BCUT2D eigenvalue weighted by molar-refractivity contribution is -0.385. The zero-order valence-electron chi connectivity index (χ0n) is 12.8. The zero-order valence-corrected chi connectivity index (χ0v) is 12.8. The van der Waals surface area contributed by atoms with Gasteiger partial charge in [0.25, 0.3) is 0 Å². The van der Waals surface area contributed by atoms with Gasteiger partial charge < -0.3 is 14.8 Å². The highest BCUT2D eigenvalue weighted by Gasteiger charge is 2.21. The van der Waals surface area contributed by atoms with Crippen molar-refractivity contribution in [3.05, 3.63) is 33.9 Å². The number of hydrogen-bond donors (Lipinski definition) is 1. The van der Waals surface area contributed by atoms with Gasteiger partial charge in [-0.05, 0) is 39.3 Å². The molecule has 0 aliphatic rings. The standard InChI is InChI=1S/C14H20N2O5/c1-9(15-13(17)21-14(2,3)4)10-6-7-12(20-5)11(8-10)16(18)19/h6-9H,1-5H3,(H,15,17)/t9-/m0/s1. The molecule has 1 atom stereocenters. The van der Waals surface area contributed by atoms with E-state index < -0.39 is 22.7 Å². The van der Waals surface area contributed by atoms with Crippen LogP contribution in [0.4, 0.5) is 10.5 Å². The van der Waals surface area contributed by atoms with Gasteiger partial charge in [-0.1, -0.05) is 6.07 Å². The maximum Gasteiger partial charge on any atom is 0.408 e. The SMILES string of the molecule is COc1ccc([C@H](C)NC(=O)OC(C)(C)C)cc1[N+](=O)[O-]. The van der Waals surface area contributed by atoms with Crippen LogP contribution >= 0.6 is 0 Å². The number of nitro benzene ring substituents is 1. The van der Waals surface area contributed by atoms with Gasteiger partial charge in [0.15, 0.2) is 5.75 Å². The van der Waals surface area contributed by atoms with E-state index in [0.29, 0.717) is 5.56 Å². The first-order valence-corrected chi connectivity index (χ1v) is 6.46. The van der Waals surface area contributed by atoms with Crippen molar-refractivity contribution >= 4 is 11.8 Å². The van der Waals surface area contributed by atoms with E-state index in [0.717, 1.165) is 0 Å². The summed E-state index contributed by atoms with van der Waals surface area (Å²) in [5.74, 6) is 0.174. The molecule has 1 amide bonds. The largest absolute Gasteiger partial charge is 0.490 e. The second-order valence-electron chi connectivity index (χ2n) is 5.56. The van der Waals surface area contributed by atoms with Gasteiger partial charge in [-0.3, -0.25) is 10.1 Å². The van der Waals surface area contributed by atoms with Crippen molar-refractivity contribution in [1.29, 1.82) is 0 Å². The van der Waals surface area contributed by atoms with E-state index in [-0.39, 0.29) is 11.4 Å². The third kappa shape index (κ3) is 4.94. The molecule has 1 N–H and O–H groups in total. The number of carbonyl (C=O) groups is 1. The lowest BCUT2D eigenvalue weighted by Crippen LogP contribution is -2.34. The van der Waals surface area contributed by atoms with Gasteiger partial charge in [0, 0.05) is 6.07 Å². The number of methoxy groups -OCH3 is 1. The molecule has 1 aromatic carbocycles. The van der Waals surface area contributed by atoms with Gasteiger partial charge in [-0.25, -0.2) is 4.79 Å². The van der Waals surface area contributed by atoms with E-state index in [1.165, 1.54) is 19.2 Å². The number of alkyl carbamates (subject to hydrolysis) is 1. The van der Waals surface area contributed by atoms with Crippen LogP contribution in [-0.4, -0.2) is 23.7 Å². The van der Waals surface area contributed by atoms with Gasteiger partial charge in [0.1, 0.15) is 5.60 Å². The van der Waals surface area contributed by atoms with Crippen molar-refractivity contribution in [3.63, 3.8) is 0 Å². The number of nitro groups is 1. The van der Waals surface area contributed by atoms with Crippen LogP contribution in [0.2, 0.25) is 0 Å². The molecule has 0 saturated heterocycles. The van der Waals surface area contributed by atoms with Crippen LogP contribution in [0.5, 0.6) is 5.75 Å². The molecule has 0 heterocycles. The van der Waals surface area contributed by atoms with E-state index in [2.05, 4.69) is 5.32 Å². The highest BCUT2D eigenvalue weighted by Crippen LogP contribution is 2.29. The molecule has 7 nitrogen and oxygen atoms in total. The Morgan fingerprint density at radius 3 is 2.48 bits per heavy atom. The maximum atomic E-state index is 11.7. The minimum atomic E-state index is -0.601. The number of benzene rings is 1. The van der Waals surface area contributed by atoms with Gasteiger partial charge in [0.2, 0.25) is 0 Å². The van der Waals surface area contributed by atoms with E-state index in [4.69, 9.17) is 9.47 Å². The second-order valence-corrected chi connectivity index (χ2v) is 5.56. The Labute approximate surface area is 123 Å². The molecule has 116 valence electrons. The fraction of sp³-hybridized carbons (Fsp3) is 0.500. The van der Waals surface area contributed by atoms with Crippen molar-refractivity contribution < 1.29 is 19.2 Å². The van der Waals surface area contributed by atoms with Crippen molar-refractivity contribution in [1.82, 2.24) is 5.32 Å². The molecule has 1 rings (SSSR count). The number of nitrogens with one attached hydrogen (secondary N) is 1. The molecular weight excluding hydrogens is 276 g/mol. The zero-order chi connectivity index (χ0) is 16.2. The van der Waals surface area contributed by atoms with Crippen LogP contribution < -0.4 is 10.1 Å². The monoisotopic (exact) mass is 296 g/mol. The Hall–Kier alpha value is -2.31. The Balaban J connectivity index is 2.88. The summed E-state index contributed by atoms with van der Waals surface area (Å²) in [6.07, 6.45) is -0.575. The van der Waals surface area contributed by atoms with Gasteiger partial charge in [-0.2, -0.15) is 0 Å². The predicted octanol–water partition coefficient (Wildman–Crippen LogP) is 3.19. The van der Waals surface area contributed by atoms with Gasteiger partial charge >= 0.3 is 11.8 Å². The third-order valence-corrected chi connectivity index (χ3v) is 2.63. The minimum Gasteiger partial charge on any atom is -0.490 e. The van der Waals surface area contributed by atoms with Gasteiger partial charge in [-0.15, -0.1) is 0 Å². The van der Waals surface area contributed by atoms with Gasteiger partial charge in [0.05, 0.1) is 18.1 Å². The molecule has 0 aliphatic heterocycles. The molecule has 0 bridgehead atoms. The first kappa shape index (κ1) is 16.7. The van der Waals surface area contributed by atoms with E-state index in [9.17, 15) is 14.9 Å². The average Bonchev–Trinajstić information content (AvgIpc) is 2.35. The number of nitrogens with zero attached hydrogens (tertiary/aromatic N) is 1. The summed E-state index contributed by atoms with van der Waals surface area (Å²) >= 11 is 0. The predicted molar refractivity (Wildman–Crippen MR) is 77.4 cm³/mol. The van der Waals surface area contributed by atoms with E-state index in [1.807, 2.05) is 0 Å². The highest BCUT2D eigenvalue weighted by molar-refractivity contribution is 5.68. The number of rotatable bonds is 4. The fourth-order valence-electron chi connectivity index (χ4n) is 1.69. The van der Waals surface area contributed by atoms with Crippen LogP contribution in [0.25, 0.3) is 0 Å². The van der Waals surface area contributed by atoms with Crippen LogP contribution in [0, 0.1) is 10.1 Å². The molecule has 0 unspecified atom stereocenters. The van der Waals surface area contributed by atoms with Crippen LogP contribution in [0.3, 0.4) is 0 Å². The van der Waals surface area contributed by atoms with Crippen molar-refractivity contribution in [2.24, 2.45) is 0 Å². The van der Waals surface area contributed by atoms with E-state index >= 15 is 0 Å². The van der Waals surface area contributed by atoms with Crippen molar-refractivity contribution in [2.45, 2.75) is 39.3 Å². The van der Waals surface area contributed by atoms with E-state index in [1.54, 1.807) is 33.8 Å². The normalized spacial score (nSPS) is 12.4. The molecular formula is C14H20N2O5. The molecule has 1 aromatic rings. The summed E-state index contributed by atoms with van der Waals surface area (Å²) < 4.78 is 10.1. The number of hydrogen-bond acceptors (Lipinski definition) is 5. The summed E-state index contributed by atoms with van der Waals surface area (Å²) in [6, 6.07) is 4.11. The maximum absolute atomic E-state index is 11.7. The lowest BCUT2D eigenvalue weighted by Gasteiger charge is -2.22. The summed E-state index contributed by atoms with van der Waals surface area (Å²) in [5.41, 5.74) is -0.156. The molecule has 0 spiro atoms. The number of carbonyl (C=O) groups excluding carboxylic acids is 1. The topological polar surface area (TPSA) is 90.7 Å². The third-order valence-electron chi connectivity index (χ3n) is 2.63. The lowest BCUT2D eigenvalue weighted by atomic mass is 10.1. The van der Waals surface area contributed by atoms with Crippen molar-refractivity contribution in [2.75, 3.05) is 7.11 Å². The van der Waals surface area contributed by atoms with Crippen LogP contribution in [-0.2, 0) is 4.74 Å². The Morgan fingerprint density at radius 1 is 1.38 bits per heavy atom. The quantitative estimate of drug-likeness (QED) is 0.680. The summed E-state index contributed by atoms with van der Waals surface area (Å²) in [4.78, 5) is 22.1. The Kier molecular flexibility index (Phi) is 5.12. The molecule has 0 saturated carbocycles. The fourth-order valence-corrected chi connectivity index (χ4v) is 1.69. The number of amides is 1. The average molecular weight is 296 g/mol. The number of ether oxygens (including phenoxy) is 2. The Morgan fingerprint density at radius 2 is 2.00 bits per heavy atom. The summed E-state index contributed by atoms with van der Waals surface area (Å²) in [5, 5.41) is 13.6. The van der Waals surface area contributed by atoms with Crippen LogP contribution in [0.15, 0.2) is 18.2 Å². The molecule has 0 radical (unpaired) electrons. The molecule has 0 aromatic heterocycles. The second kappa shape index (κ2) is 6.43. The molecule has 0 fully saturated rings. The minimum absolute atomic E-state index is 0.146. The molecule has 0 aliphatic carbocycles. The Bertz CT molecular complexity index is 537.